The molecule has 3 heterocycles. The Bertz CT molecular complexity index is 1120. The number of aliphatic hydroxyl groups is 2. The van der Waals surface area contributed by atoms with E-state index in [1.807, 2.05) is 0 Å². The fraction of sp³-hybridized carbons (Fsp3) is 0.500. The Morgan fingerprint density at radius 1 is 1.09 bits per heavy atom. The number of phosphoric ester groups is 1. The molecule has 0 aromatic carbocycles. The molecular weight excluding hydrogens is 537 g/mol. The number of phosphoric acid groups is 3. The number of hydrogen-bond donors (Lipinski definition) is 5. The molecule has 174 valence electrons. The summed E-state index contributed by atoms with van der Waals surface area (Å²) in [7, 11) is -17.4. The first-order valence-electron chi connectivity index (χ1n) is 7.88. The summed E-state index contributed by atoms with van der Waals surface area (Å²) in [5.41, 5.74) is 5.97. The monoisotopic (exact) mass is 551 g/mol. The van der Waals surface area contributed by atoms with Crippen molar-refractivity contribution in [2.24, 2.45) is 0 Å². The van der Waals surface area contributed by atoms with E-state index in [9.17, 15) is 38.6 Å². The molecule has 0 spiro atoms. The van der Waals surface area contributed by atoms with Gasteiger partial charge in [0.15, 0.2) is 17.7 Å². The van der Waals surface area contributed by atoms with E-state index in [1.165, 1.54) is 10.9 Å². The predicted octanol–water partition coefficient (Wildman–Crippen LogP) is -8.89. The maximum absolute atomic E-state index is 11.7. The summed E-state index contributed by atoms with van der Waals surface area (Å²) in [4.78, 5) is 51.0. The van der Waals surface area contributed by atoms with Gasteiger partial charge in [-0.05, 0) is 0 Å². The summed E-state index contributed by atoms with van der Waals surface area (Å²) in [6, 6.07) is 0. The van der Waals surface area contributed by atoms with Crippen LogP contribution in [0, 0.1) is 0 Å². The van der Waals surface area contributed by atoms with Crippen molar-refractivity contribution in [3.8, 4) is 0 Å². The predicted molar refractivity (Wildman–Crippen MR) is 91.0 cm³/mol. The van der Waals surface area contributed by atoms with Gasteiger partial charge in [-0.25, -0.2) is 28.1 Å². The molecule has 33 heavy (non-hydrogen) atoms. The maximum Gasteiger partial charge on any atom is 1.00 e. The van der Waals surface area contributed by atoms with Crippen molar-refractivity contribution in [2.75, 3.05) is 12.3 Å². The van der Waals surface area contributed by atoms with Crippen molar-refractivity contribution < 1.29 is 120 Å². The first-order valence-corrected chi connectivity index (χ1v) is 12.3. The first kappa shape index (κ1) is 31.7. The number of nitrogens with two attached hydrogens (primary N) is 1. The topological polar surface area (TPSA) is 285 Å². The van der Waals surface area contributed by atoms with Crippen molar-refractivity contribution in [3.63, 3.8) is 0 Å². The molecule has 0 amide bonds. The summed E-state index contributed by atoms with van der Waals surface area (Å²) in [5.74, 6) is 0.0322. The molecule has 7 atom stereocenters. The van der Waals surface area contributed by atoms with Crippen LogP contribution >= 0.6 is 23.5 Å². The minimum absolute atomic E-state index is 0. The normalized spacial score (nSPS) is 28.2. The van der Waals surface area contributed by atoms with Crippen molar-refractivity contribution in [1.29, 1.82) is 0 Å². The molecule has 4 unspecified atom stereocenters. The van der Waals surface area contributed by atoms with Gasteiger partial charge < -0.3 is 40.3 Å². The van der Waals surface area contributed by atoms with E-state index in [0.717, 1.165) is 6.33 Å². The third kappa shape index (κ3) is 8.06. The Morgan fingerprint density at radius 2 is 1.73 bits per heavy atom. The summed E-state index contributed by atoms with van der Waals surface area (Å²) < 4.78 is 51.0. The van der Waals surface area contributed by atoms with Gasteiger partial charge in [0.2, 0.25) is 0 Å². The number of ether oxygens (including phenoxy) is 1. The van der Waals surface area contributed by atoms with Crippen LogP contribution in [0.2, 0.25) is 0 Å². The number of nitrogen functional groups attached to an aromatic ring is 1. The van der Waals surface area contributed by atoms with Crippen LogP contribution in [0.1, 0.15) is 6.23 Å². The second kappa shape index (κ2) is 11.8. The second-order valence-electron chi connectivity index (χ2n) is 5.97. The SMILES string of the molecule is Nc1ncnc2c1ncn2[C@H]1O[C@@H](COP(=O)(O)OP(=O)([O-])OP(=O)([O-])O)C(O)[C@H]1O.[Na+].[Na+]. The van der Waals surface area contributed by atoms with Crippen LogP contribution in [-0.2, 0) is 31.6 Å². The molecule has 1 saturated heterocycles. The molecule has 0 radical (unpaired) electrons. The van der Waals surface area contributed by atoms with E-state index in [-0.39, 0.29) is 76.1 Å². The van der Waals surface area contributed by atoms with Crippen LogP contribution in [0.15, 0.2) is 12.7 Å². The Kier molecular flexibility index (Phi) is 11.3. The van der Waals surface area contributed by atoms with E-state index >= 15 is 0 Å². The number of fused-ring (bicyclic) bond motifs is 1. The van der Waals surface area contributed by atoms with Crippen LogP contribution in [0.25, 0.3) is 11.2 Å². The van der Waals surface area contributed by atoms with Gasteiger partial charge in [0.25, 0.3) is 15.6 Å². The molecule has 18 nitrogen and oxygen atoms in total. The first-order chi connectivity index (χ1) is 14.2. The number of aliphatic hydroxyl groups excluding tert-OH is 2. The number of anilines is 1. The van der Waals surface area contributed by atoms with E-state index in [4.69, 9.17) is 15.4 Å². The number of aromatic nitrogens is 4. The molecule has 2 aromatic rings. The molecule has 23 heteroatoms. The van der Waals surface area contributed by atoms with Crippen molar-refractivity contribution in [3.05, 3.63) is 12.7 Å². The average Bonchev–Trinajstić information content (AvgIpc) is 3.13. The van der Waals surface area contributed by atoms with E-state index in [0.29, 0.717) is 0 Å². The number of rotatable bonds is 8. The smallest absolute Gasteiger partial charge is 0.756 e. The van der Waals surface area contributed by atoms with Crippen LogP contribution in [0.3, 0.4) is 0 Å². The Labute approximate surface area is 228 Å². The molecule has 1 aliphatic heterocycles. The van der Waals surface area contributed by atoms with Crippen LogP contribution in [-0.4, -0.2) is 64.4 Å². The van der Waals surface area contributed by atoms with Crippen molar-refractivity contribution in [2.45, 2.75) is 24.5 Å². The molecular formula is C10H14N5Na2O13P3. The standard InChI is InChI=1S/C10H16N5O13P3.2Na/c11-8-5-9(13-2-12-8)15(3-14-5)10-7(17)6(16)4(26-10)1-25-30(21,22)28-31(23,24)27-29(18,19)20;;/h2-4,6-7,10,16-17H,1H2,(H,21,22)(H,23,24)(H2,11,12,13)(H2,18,19,20);;/q;2*+1/p-2/t4-,6?,7+,10-;;/m0../s1. The van der Waals surface area contributed by atoms with Gasteiger partial charge in [-0.1, -0.05) is 0 Å². The zero-order valence-electron chi connectivity index (χ0n) is 16.8. The quantitative estimate of drug-likeness (QED) is 0.150. The van der Waals surface area contributed by atoms with Gasteiger partial charge in [-0.2, -0.15) is 0 Å². The number of imidazole rings is 1. The van der Waals surface area contributed by atoms with Crippen LogP contribution in [0.4, 0.5) is 5.82 Å². The van der Waals surface area contributed by atoms with Gasteiger partial charge in [-0.15, -0.1) is 0 Å². The molecule has 1 aliphatic rings. The van der Waals surface area contributed by atoms with Crippen LogP contribution < -0.4 is 74.6 Å². The molecule has 0 aliphatic carbocycles. The minimum Gasteiger partial charge on any atom is -0.756 e. The number of nitrogens with zero attached hydrogens (tertiary/aromatic N) is 4. The van der Waals surface area contributed by atoms with Gasteiger partial charge in [0.1, 0.15) is 30.2 Å². The van der Waals surface area contributed by atoms with Gasteiger partial charge >= 0.3 is 66.9 Å². The second-order valence-corrected chi connectivity index (χ2v) is 10.3. The van der Waals surface area contributed by atoms with E-state index in [2.05, 4.69) is 28.1 Å². The third-order valence-electron chi connectivity index (χ3n) is 3.81. The van der Waals surface area contributed by atoms with Crippen LogP contribution in [0.5, 0.6) is 0 Å². The van der Waals surface area contributed by atoms with E-state index < -0.39 is 54.6 Å². The molecule has 2 aromatic heterocycles. The summed E-state index contributed by atoms with van der Waals surface area (Å²) >= 11 is 0. The zero-order chi connectivity index (χ0) is 23.2. The maximum atomic E-state index is 11.7. The zero-order valence-corrected chi connectivity index (χ0v) is 23.5. The summed E-state index contributed by atoms with van der Waals surface area (Å²) in [6.07, 6.45) is -3.81. The van der Waals surface area contributed by atoms with Gasteiger partial charge in [0.05, 0.1) is 12.9 Å². The molecule has 6 N–H and O–H groups in total. The largest absolute Gasteiger partial charge is 1.00 e. The Balaban J connectivity index is 0.00000272. The number of hydrogen-bond acceptors (Lipinski definition) is 15. The Hall–Kier alpha value is 0.640. The summed E-state index contributed by atoms with van der Waals surface area (Å²) in [5, 5.41) is 20.4. The van der Waals surface area contributed by atoms with Crippen molar-refractivity contribution >= 4 is 40.4 Å². The minimum atomic E-state index is -6.01. The van der Waals surface area contributed by atoms with E-state index in [1.54, 1.807) is 0 Å². The molecule has 3 rings (SSSR count). The molecule has 0 saturated carbocycles. The Morgan fingerprint density at radius 3 is 2.33 bits per heavy atom. The average molecular weight is 551 g/mol. The fourth-order valence-electron chi connectivity index (χ4n) is 2.61. The fourth-order valence-corrected chi connectivity index (χ4v) is 5.55. The molecule has 1 fully saturated rings. The third-order valence-corrected chi connectivity index (χ3v) is 7.53. The van der Waals surface area contributed by atoms with Crippen molar-refractivity contribution in [1.82, 2.24) is 19.5 Å². The molecule has 0 bridgehead atoms. The van der Waals surface area contributed by atoms with Gasteiger partial charge in [-0.3, -0.25) is 18.2 Å². The van der Waals surface area contributed by atoms with Gasteiger partial charge in [0, 0.05) is 0 Å². The summed E-state index contributed by atoms with van der Waals surface area (Å²) in [6.45, 7) is -1.000.